The zero-order valence-corrected chi connectivity index (χ0v) is 22.1. The number of amides is 1. The summed E-state index contributed by atoms with van der Waals surface area (Å²) in [4.78, 5) is 16.4. The lowest BCUT2D eigenvalue weighted by Gasteiger charge is -2.37. The third kappa shape index (κ3) is 6.59. The van der Waals surface area contributed by atoms with Gasteiger partial charge in [-0.05, 0) is 61.2 Å². The summed E-state index contributed by atoms with van der Waals surface area (Å²) in [5, 5.41) is 0.274. The van der Waals surface area contributed by atoms with Gasteiger partial charge in [0.15, 0.2) is 9.84 Å². The van der Waals surface area contributed by atoms with Gasteiger partial charge in [0.25, 0.3) is 0 Å². The van der Waals surface area contributed by atoms with Crippen LogP contribution in [0.15, 0.2) is 35.2 Å². The fourth-order valence-electron chi connectivity index (χ4n) is 4.49. The van der Waals surface area contributed by atoms with E-state index < -0.39 is 27.5 Å². The molecule has 1 saturated heterocycles. The van der Waals surface area contributed by atoms with Gasteiger partial charge in [0.2, 0.25) is 5.91 Å². The molecule has 0 aliphatic carbocycles. The van der Waals surface area contributed by atoms with Gasteiger partial charge in [-0.2, -0.15) is 13.2 Å². The molecule has 6 nitrogen and oxygen atoms in total. The average Bonchev–Trinajstić information content (AvgIpc) is 2.78. The normalized spacial score (nSPS) is 16.0. The molecule has 1 aliphatic rings. The summed E-state index contributed by atoms with van der Waals surface area (Å²) < 4.78 is 67.3. The summed E-state index contributed by atoms with van der Waals surface area (Å²) in [6.07, 6.45) is -4.80. The Morgan fingerprint density at radius 1 is 1.06 bits per heavy atom. The van der Waals surface area contributed by atoms with E-state index >= 15 is 0 Å². The summed E-state index contributed by atoms with van der Waals surface area (Å²) in [6, 6.07) is 6.75. The maximum Gasteiger partial charge on any atom is 0.416 e. The van der Waals surface area contributed by atoms with Crippen molar-refractivity contribution in [3.8, 4) is 0 Å². The molecule has 2 N–H and O–H groups in total. The van der Waals surface area contributed by atoms with E-state index in [0.29, 0.717) is 24.7 Å². The molecule has 2 aromatic carbocycles. The molecule has 0 spiro atoms. The third-order valence-corrected chi connectivity index (χ3v) is 8.61. The first-order valence-corrected chi connectivity index (χ1v) is 13.8. The first-order chi connectivity index (χ1) is 16.7. The van der Waals surface area contributed by atoms with Gasteiger partial charge >= 0.3 is 6.18 Å². The molecule has 0 aromatic heterocycles. The van der Waals surface area contributed by atoms with Crippen LogP contribution >= 0.6 is 11.6 Å². The summed E-state index contributed by atoms with van der Waals surface area (Å²) >= 11 is 6.11. The van der Waals surface area contributed by atoms with Gasteiger partial charge in [-0.1, -0.05) is 24.6 Å². The molecule has 1 heterocycles. The van der Waals surface area contributed by atoms with E-state index in [9.17, 15) is 26.4 Å². The number of rotatable bonds is 8. The highest BCUT2D eigenvalue weighted by molar-refractivity contribution is 7.91. The van der Waals surface area contributed by atoms with E-state index in [0.717, 1.165) is 19.2 Å². The largest absolute Gasteiger partial charge is 0.416 e. The Morgan fingerprint density at radius 3 is 2.22 bits per heavy atom. The van der Waals surface area contributed by atoms with Gasteiger partial charge < -0.3 is 5.73 Å². The van der Waals surface area contributed by atoms with Crippen molar-refractivity contribution >= 4 is 27.3 Å². The molecule has 0 bridgehead atoms. The number of sulfone groups is 1. The second kappa shape index (κ2) is 11.1. The first-order valence-electron chi connectivity index (χ1n) is 11.7. The van der Waals surface area contributed by atoms with Crippen molar-refractivity contribution in [2.45, 2.75) is 50.9 Å². The number of carbonyl (C=O) groups excluding carboxylic acids is 1. The predicted octanol–water partition coefficient (Wildman–Crippen LogP) is 4.37. The van der Waals surface area contributed by atoms with E-state index in [1.54, 1.807) is 0 Å². The van der Waals surface area contributed by atoms with Crippen molar-refractivity contribution in [2.24, 2.45) is 5.73 Å². The number of nitrogens with zero attached hydrogens (tertiary/aromatic N) is 2. The van der Waals surface area contributed by atoms with Crippen molar-refractivity contribution in [1.29, 1.82) is 0 Å². The zero-order valence-electron chi connectivity index (χ0n) is 20.5. The molecule has 36 heavy (non-hydrogen) atoms. The molecule has 2 aromatic rings. The molecule has 1 aliphatic heterocycles. The number of piperazine rings is 1. The van der Waals surface area contributed by atoms with Gasteiger partial charge in [0, 0.05) is 49.4 Å². The molecule has 0 saturated carbocycles. The Bertz CT molecular complexity index is 1230. The second-order valence-corrected chi connectivity index (χ2v) is 11.9. The van der Waals surface area contributed by atoms with Gasteiger partial charge in [0.1, 0.15) is 0 Å². The summed E-state index contributed by atoms with van der Waals surface area (Å²) in [5.74, 6) is -1.18. The van der Waals surface area contributed by atoms with Crippen LogP contribution in [0.5, 0.6) is 0 Å². The predicted molar refractivity (Wildman–Crippen MR) is 134 cm³/mol. The smallest absolute Gasteiger partial charge is 0.366 e. The fraction of sp³-hybridized carbons (Fsp3) is 0.480. The van der Waals surface area contributed by atoms with Gasteiger partial charge in [-0.15, -0.1) is 0 Å². The minimum Gasteiger partial charge on any atom is -0.366 e. The minimum atomic E-state index is -4.69. The monoisotopic (exact) mass is 545 g/mol. The van der Waals surface area contributed by atoms with E-state index in [1.807, 2.05) is 4.90 Å². The van der Waals surface area contributed by atoms with Crippen LogP contribution < -0.4 is 5.73 Å². The third-order valence-electron chi connectivity index (χ3n) is 6.55. The van der Waals surface area contributed by atoms with Crippen molar-refractivity contribution in [3.63, 3.8) is 0 Å². The number of hydrogen-bond donors (Lipinski definition) is 1. The number of halogens is 4. The Labute approximate surface area is 215 Å². The maximum absolute atomic E-state index is 14.0. The zero-order chi connectivity index (χ0) is 26.8. The molecule has 0 unspecified atom stereocenters. The van der Waals surface area contributed by atoms with Crippen molar-refractivity contribution < 1.29 is 26.4 Å². The van der Waals surface area contributed by atoms with E-state index in [1.165, 1.54) is 31.2 Å². The lowest BCUT2D eigenvalue weighted by molar-refractivity contribution is -0.138. The SMILES string of the molecule is CCS(=O)(=O)c1ccc(Cl)cc1Cc1cc(CN2CCN(C(C)C)CC2)c(C(F)(F)F)cc1C(N)=O. The molecular formula is C25H31ClF3N3O3S. The Morgan fingerprint density at radius 2 is 1.69 bits per heavy atom. The standard InChI is InChI=1S/C25H31ClF3N3O3S/c1-4-36(34,35)23-6-5-20(26)13-18(23)11-17-12-19(15-31-7-9-32(10-8-31)16(2)3)22(25(27,28)29)14-21(17)24(30)33/h5-6,12-14,16H,4,7-11,15H2,1-3H3,(H2,30,33). The van der Waals surface area contributed by atoms with Crippen LogP contribution in [-0.4, -0.2) is 62.1 Å². The van der Waals surface area contributed by atoms with E-state index in [2.05, 4.69) is 18.7 Å². The average molecular weight is 546 g/mol. The number of nitrogens with two attached hydrogens (primary N) is 1. The minimum absolute atomic E-state index is 0.0161. The van der Waals surface area contributed by atoms with E-state index in [4.69, 9.17) is 17.3 Å². The van der Waals surface area contributed by atoms with E-state index in [-0.39, 0.29) is 45.3 Å². The van der Waals surface area contributed by atoms with Crippen LogP contribution in [0.25, 0.3) is 0 Å². The van der Waals surface area contributed by atoms with Crippen LogP contribution in [0.4, 0.5) is 13.2 Å². The summed E-state index contributed by atoms with van der Waals surface area (Å²) in [7, 11) is -3.64. The maximum atomic E-state index is 14.0. The van der Waals surface area contributed by atoms with Crippen molar-refractivity contribution in [1.82, 2.24) is 9.80 Å². The van der Waals surface area contributed by atoms with Crippen LogP contribution in [0.1, 0.15) is 53.4 Å². The van der Waals surface area contributed by atoms with Gasteiger partial charge in [-0.3, -0.25) is 14.6 Å². The van der Waals surface area contributed by atoms with Gasteiger partial charge in [0.05, 0.1) is 16.2 Å². The Kier molecular flexibility index (Phi) is 8.75. The molecule has 0 atom stereocenters. The molecule has 0 radical (unpaired) electrons. The second-order valence-electron chi connectivity index (χ2n) is 9.27. The fourth-order valence-corrected chi connectivity index (χ4v) is 5.81. The number of benzene rings is 2. The lowest BCUT2D eigenvalue weighted by atomic mass is 9.93. The highest BCUT2D eigenvalue weighted by atomic mass is 35.5. The van der Waals surface area contributed by atoms with Crippen LogP contribution in [0, 0.1) is 0 Å². The van der Waals surface area contributed by atoms with Crippen molar-refractivity contribution in [2.75, 3.05) is 31.9 Å². The Hall–Kier alpha value is -2.14. The molecule has 1 amide bonds. The molecular weight excluding hydrogens is 515 g/mol. The quantitative estimate of drug-likeness (QED) is 0.532. The van der Waals surface area contributed by atoms with Gasteiger partial charge in [-0.25, -0.2) is 8.42 Å². The highest BCUT2D eigenvalue weighted by Crippen LogP contribution is 2.36. The highest BCUT2D eigenvalue weighted by Gasteiger charge is 2.36. The number of carbonyl (C=O) groups is 1. The van der Waals surface area contributed by atoms with Crippen LogP contribution in [-0.2, 0) is 29.0 Å². The van der Waals surface area contributed by atoms with Crippen molar-refractivity contribution in [3.05, 3.63) is 63.2 Å². The summed E-state index contributed by atoms with van der Waals surface area (Å²) in [6.45, 7) is 8.40. The number of hydrogen-bond acceptors (Lipinski definition) is 5. The Balaban J connectivity index is 2.07. The topological polar surface area (TPSA) is 83.7 Å². The molecule has 1 fully saturated rings. The van der Waals surface area contributed by atoms with Crippen LogP contribution in [0.2, 0.25) is 5.02 Å². The number of alkyl halides is 3. The lowest BCUT2D eigenvalue weighted by Crippen LogP contribution is -2.48. The first kappa shape index (κ1) is 28.4. The summed E-state index contributed by atoms with van der Waals surface area (Å²) in [5.41, 5.74) is 4.79. The van der Waals surface area contributed by atoms with Crippen LogP contribution in [0.3, 0.4) is 0 Å². The molecule has 198 valence electrons. The molecule has 3 rings (SSSR count). The molecule has 11 heteroatoms. The number of primary amides is 1.